The molecule has 0 spiro atoms. The van der Waals surface area contributed by atoms with Crippen LogP contribution in [0.3, 0.4) is 0 Å². The summed E-state index contributed by atoms with van der Waals surface area (Å²) in [6.07, 6.45) is 0. The average molecular weight is 354 g/mol. The lowest BCUT2D eigenvalue weighted by Crippen LogP contribution is -1.88. The zero-order chi connectivity index (χ0) is 8.72. The van der Waals surface area contributed by atoms with Gasteiger partial charge in [-0.1, -0.05) is 0 Å². The molecule has 2 aromatic rings. The van der Waals surface area contributed by atoms with E-state index in [2.05, 4.69) is 50.0 Å². The molecule has 0 amide bonds. The van der Waals surface area contributed by atoms with Crippen molar-refractivity contribution in [3.05, 3.63) is 25.6 Å². The van der Waals surface area contributed by atoms with Crippen LogP contribution < -0.4 is 5.73 Å². The molecule has 0 atom stereocenters. The van der Waals surface area contributed by atoms with E-state index in [0.29, 0.717) is 0 Å². The van der Waals surface area contributed by atoms with Crippen molar-refractivity contribution in [2.75, 3.05) is 5.73 Å². The topological polar surface area (TPSA) is 26.0 Å². The van der Waals surface area contributed by atoms with Gasteiger partial charge in [0.2, 0.25) is 0 Å². The third-order valence-corrected chi connectivity index (χ3v) is 4.69. The first-order valence-electron chi connectivity index (χ1n) is 3.31. The maximum absolute atomic E-state index is 5.81. The number of halogens is 2. The Morgan fingerprint density at radius 3 is 3.00 bits per heavy atom. The fourth-order valence-electron chi connectivity index (χ4n) is 1.09. The molecule has 0 saturated carbocycles. The van der Waals surface area contributed by atoms with Crippen LogP contribution in [0.4, 0.5) is 5.69 Å². The summed E-state index contributed by atoms with van der Waals surface area (Å²) in [5.74, 6) is 0. The Kier molecular flexibility index (Phi) is 2.31. The Hall–Kier alpha value is 0.190. The van der Waals surface area contributed by atoms with E-state index in [-0.39, 0.29) is 0 Å². The van der Waals surface area contributed by atoms with Crippen molar-refractivity contribution in [3.8, 4) is 0 Å². The standard InChI is InChI=1S/C8H5BrINS/c9-5-3-6(11)7(10)4-1-2-12-8(4)5/h1-3H,11H2. The monoisotopic (exact) mass is 353 g/mol. The van der Waals surface area contributed by atoms with Gasteiger partial charge in [0.25, 0.3) is 0 Å². The second-order valence-corrected chi connectivity index (χ2v) is 5.27. The molecule has 0 bridgehead atoms. The first-order valence-corrected chi connectivity index (χ1v) is 6.06. The highest BCUT2D eigenvalue weighted by Crippen LogP contribution is 2.35. The van der Waals surface area contributed by atoms with Gasteiger partial charge in [-0.3, -0.25) is 0 Å². The molecule has 0 aliphatic rings. The van der Waals surface area contributed by atoms with E-state index in [4.69, 9.17) is 5.73 Å². The van der Waals surface area contributed by atoms with Crippen molar-refractivity contribution in [2.24, 2.45) is 0 Å². The minimum Gasteiger partial charge on any atom is -0.398 e. The van der Waals surface area contributed by atoms with Crippen LogP contribution in [0.2, 0.25) is 0 Å². The molecular formula is C8H5BrINS. The van der Waals surface area contributed by atoms with Crippen LogP contribution in [0.15, 0.2) is 22.0 Å². The number of nitrogen functional groups attached to an aromatic ring is 1. The van der Waals surface area contributed by atoms with E-state index >= 15 is 0 Å². The number of benzene rings is 1. The fourth-order valence-corrected chi connectivity index (χ4v) is 3.43. The van der Waals surface area contributed by atoms with Gasteiger partial charge in [0, 0.05) is 23.8 Å². The van der Waals surface area contributed by atoms with E-state index in [9.17, 15) is 0 Å². The van der Waals surface area contributed by atoms with Crippen LogP contribution in [0.25, 0.3) is 10.1 Å². The quantitative estimate of drug-likeness (QED) is 0.565. The number of nitrogens with two attached hydrogens (primary N) is 1. The van der Waals surface area contributed by atoms with Gasteiger partial charge in [0.05, 0.1) is 0 Å². The zero-order valence-corrected chi connectivity index (χ0v) is 10.5. The summed E-state index contributed by atoms with van der Waals surface area (Å²) in [6, 6.07) is 4.06. The lowest BCUT2D eigenvalue weighted by atomic mass is 10.2. The second-order valence-electron chi connectivity index (χ2n) is 2.42. The van der Waals surface area contributed by atoms with Crippen LogP contribution in [0.5, 0.6) is 0 Å². The van der Waals surface area contributed by atoms with E-state index in [1.54, 1.807) is 11.3 Å². The van der Waals surface area contributed by atoms with Crippen molar-refractivity contribution in [3.63, 3.8) is 0 Å². The highest BCUT2D eigenvalue weighted by molar-refractivity contribution is 14.1. The molecule has 1 heterocycles. The van der Waals surface area contributed by atoms with Gasteiger partial charge in [0.1, 0.15) is 0 Å². The molecule has 2 rings (SSSR count). The Morgan fingerprint density at radius 2 is 2.25 bits per heavy atom. The van der Waals surface area contributed by atoms with Crippen molar-refractivity contribution in [2.45, 2.75) is 0 Å². The third kappa shape index (κ3) is 1.25. The number of fused-ring (bicyclic) bond motifs is 1. The Bertz CT molecular complexity index is 438. The zero-order valence-electron chi connectivity index (χ0n) is 5.97. The molecule has 62 valence electrons. The first kappa shape index (κ1) is 8.77. The second kappa shape index (κ2) is 3.16. The van der Waals surface area contributed by atoms with Gasteiger partial charge in [-0.15, -0.1) is 11.3 Å². The molecular weight excluding hydrogens is 349 g/mol. The predicted molar refractivity (Wildman–Crippen MR) is 66.7 cm³/mol. The molecule has 0 unspecified atom stereocenters. The van der Waals surface area contributed by atoms with Gasteiger partial charge in [-0.25, -0.2) is 0 Å². The Labute approximate surface area is 96.2 Å². The normalized spacial score (nSPS) is 10.8. The molecule has 4 heteroatoms. The maximum atomic E-state index is 5.81. The smallest absolute Gasteiger partial charge is 0.0497 e. The molecule has 12 heavy (non-hydrogen) atoms. The average Bonchev–Trinajstić information content (AvgIpc) is 2.48. The summed E-state index contributed by atoms with van der Waals surface area (Å²) in [6.45, 7) is 0. The van der Waals surface area contributed by atoms with E-state index in [1.807, 2.05) is 6.07 Å². The van der Waals surface area contributed by atoms with Gasteiger partial charge < -0.3 is 5.73 Å². The number of hydrogen-bond donors (Lipinski definition) is 1. The summed E-state index contributed by atoms with van der Waals surface area (Å²) in [7, 11) is 0. The van der Waals surface area contributed by atoms with Crippen LogP contribution in [-0.4, -0.2) is 0 Å². The Morgan fingerprint density at radius 1 is 1.50 bits per heavy atom. The van der Waals surface area contributed by atoms with E-state index in [0.717, 1.165) is 13.7 Å². The minimum atomic E-state index is 0.841. The summed E-state index contributed by atoms with van der Waals surface area (Å²) in [5.41, 5.74) is 6.65. The van der Waals surface area contributed by atoms with Gasteiger partial charge in [0.15, 0.2) is 0 Å². The SMILES string of the molecule is Nc1cc(Br)c2sccc2c1I. The highest BCUT2D eigenvalue weighted by Gasteiger charge is 2.06. The lowest BCUT2D eigenvalue weighted by Gasteiger charge is -2.01. The van der Waals surface area contributed by atoms with Crippen molar-refractivity contribution in [1.29, 1.82) is 0 Å². The van der Waals surface area contributed by atoms with Crippen molar-refractivity contribution in [1.82, 2.24) is 0 Å². The third-order valence-electron chi connectivity index (χ3n) is 1.65. The summed E-state index contributed by atoms with van der Waals surface area (Å²) >= 11 is 7.49. The van der Waals surface area contributed by atoms with E-state index < -0.39 is 0 Å². The van der Waals surface area contributed by atoms with Gasteiger partial charge in [-0.2, -0.15) is 0 Å². The highest BCUT2D eigenvalue weighted by atomic mass is 127. The van der Waals surface area contributed by atoms with Crippen LogP contribution in [0.1, 0.15) is 0 Å². The van der Waals surface area contributed by atoms with Gasteiger partial charge in [-0.05, 0) is 56.0 Å². The molecule has 0 fully saturated rings. The van der Waals surface area contributed by atoms with Crippen molar-refractivity contribution >= 4 is 65.6 Å². The van der Waals surface area contributed by atoms with Crippen LogP contribution in [0, 0.1) is 3.57 Å². The van der Waals surface area contributed by atoms with Crippen LogP contribution >= 0.6 is 49.9 Å². The largest absolute Gasteiger partial charge is 0.398 e. The first-order chi connectivity index (χ1) is 5.70. The molecule has 1 aromatic carbocycles. The van der Waals surface area contributed by atoms with Crippen LogP contribution in [-0.2, 0) is 0 Å². The maximum Gasteiger partial charge on any atom is 0.0497 e. The van der Waals surface area contributed by atoms with Gasteiger partial charge >= 0.3 is 0 Å². The predicted octanol–water partition coefficient (Wildman–Crippen LogP) is 3.85. The molecule has 1 nitrogen and oxygen atoms in total. The molecule has 0 radical (unpaired) electrons. The molecule has 2 N–H and O–H groups in total. The summed E-state index contributed by atoms with van der Waals surface area (Å²) < 4.78 is 3.51. The van der Waals surface area contributed by atoms with Crippen molar-refractivity contribution < 1.29 is 0 Å². The number of anilines is 1. The summed E-state index contributed by atoms with van der Waals surface area (Å²) in [5, 5.41) is 3.32. The molecule has 0 saturated heterocycles. The number of hydrogen-bond acceptors (Lipinski definition) is 2. The fraction of sp³-hybridized carbons (Fsp3) is 0. The molecule has 0 aliphatic heterocycles. The van der Waals surface area contributed by atoms with E-state index in [1.165, 1.54) is 10.1 Å². The number of thiophene rings is 1. The lowest BCUT2D eigenvalue weighted by molar-refractivity contribution is 1.70. The summed E-state index contributed by atoms with van der Waals surface area (Å²) in [4.78, 5) is 0. The molecule has 0 aliphatic carbocycles. The number of rotatable bonds is 0. The Balaban J connectivity index is 2.97. The molecule has 1 aromatic heterocycles. The minimum absolute atomic E-state index is 0.841.